The van der Waals surface area contributed by atoms with Crippen molar-refractivity contribution in [2.75, 3.05) is 29.5 Å². The lowest BCUT2D eigenvalue weighted by molar-refractivity contribution is 0.859. The highest BCUT2D eigenvalue weighted by molar-refractivity contribution is 7.99. The summed E-state index contributed by atoms with van der Waals surface area (Å²) in [4.78, 5) is 16.6. The Balaban J connectivity index is 1.55. The first-order valence-electron chi connectivity index (χ1n) is 7.56. The van der Waals surface area contributed by atoms with Gasteiger partial charge in [-0.1, -0.05) is 12.1 Å². The zero-order valence-electron chi connectivity index (χ0n) is 12.6. The number of hydrogen-bond acceptors (Lipinski definition) is 6. The Morgan fingerprint density at radius 2 is 1.65 bits per heavy atom. The van der Waals surface area contributed by atoms with Crippen LogP contribution in [-0.4, -0.2) is 39.5 Å². The van der Waals surface area contributed by atoms with E-state index in [1.165, 1.54) is 22.8 Å². The quantitative estimate of drug-likeness (QED) is 0.725. The molecular formula is C17H16N4S2. The maximum atomic E-state index is 4.46. The Bertz CT molecular complexity index is 765. The molecule has 0 atom stereocenters. The molecule has 1 fully saturated rings. The van der Waals surface area contributed by atoms with Gasteiger partial charge in [0.2, 0.25) is 0 Å². The average molecular weight is 340 g/mol. The van der Waals surface area contributed by atoms with E-state index in [2.05, 4.69) is 44.1 Å². The molecule has 3 aromatic rings. The molecule has 1 aliphatic rings. The highest BCUT2D eigenvalue weighted by Crippen LogP contribution is 2.31. The monoisotopic (exact) mass is 340 g/mol. The fraction of sp³-hybridized carbons (Fsp3) is 0.235. The van der Waals surface area contributed by atoms with Crippen LogP contribution in [-0.2, 0) is 0 Å². The third-order valence-electron chi connectivity index (χ3n) is 3.79. The highest BCUT2D eigenvalue weighted by Gasteiger charge is 2.12. The van der Waals surface area contributed by atoms with E-state index < -0.39 is 0 Å². The van der Waals surface area contributed by atoms with Crippen LogP contribution >= 0.6 is 23.1 Å². The number of benzene rings is 1. The molecular weight excluding hydrogens is 324 g/mol. The van der Waals surface area contributed by atoms with Crippen molar-refractivity contribution in [3.05, 3.63) is 48.9 Å². The van der Waals surface area contributed by atoms with Gasteiger partial charge in [-0.3, -0.25) is 0 Å². The van der Waals surface area contributed by atoms with E-state index in [1.54, 1.807) is 23.7 Å². The van der Waals surface area contributed by atoms with Crippen LogP contribution in [0.1, 0.15) is 0 Å². The Kier molecular flexibility index (Phi) is 4.26. The van der Waals surface area contributed by atoms with Crippen molar-refractivity contribution in [3.63, 3.8) is 0 Å². The van der Waals surface area contributed by atoms with E-state index in [9.17, 15) is 0 Å². The van der Waals surface area contributed by atoms with Crippen LogP contribution in [0.5, 0.6) is 0 Å². The second kappa shape index (κ2) is 6.68. The summed E-state index contributed by atoms with van der Waals surface area (Å²) < 4.78 is 0. The summed E-state index contributed by atoms with van der Waals surface area (Å²) >= 11 is 3.66. The van der Waals surface area contributed by atoms with Crippen molar-refractivity contribution in [2.45, 2.75) is 0 Å². The van der Waals surface area contributed by atoms with Crippen LogP contribution in [0.25, 0.3) is 21.3 Å². The van der Waals surface area contributed by atoms with Gasteiger partial charge in [0.05, 0.1) is 4.88 Å². The smallest absolute Gasteiger partial charge is 0.188 e. The molecule has 23 heavy (non-hydrogen) atoms. The number of rotatable bonds is 3. The van der Waals surface area contributed by atoms with Gasteiger partial charge in [0.1, 0.15) is 0 Å². The second-order valence-corrected chi connectivity index (χ2v) is 7.50. The third-order valence-corrected chi connectivity index (χ3v) is 5.78. The molecule has 0 aliphatic carbocycles. The molecule has 0 unspecified atom stereocenters. The highest BCUT2D eigenvalue weighted by atomic mass is 32.2. The van der Waals surface area contributed by atoms with Crippen molar-refractivity contribution in [3.8, 4) is 21.3 Å². The van der Waals surface area contributed by atoms with Gasteiger partial charge < -0.3 is 4.90 Å². The first-order valence-corrected chi connectivity index (χ1v) is 9.53. The van der Waals surface area contributed by atoms with Gasteiger partial charge >= 0.3 is 0 Å². The lowest BCUT2D eigenvalue weighted by Crippen LogP contribution is -2.32. The molecule has 1 saturated heterocycles. The van der Waals surface area contributed by atoms with Crippen molar-refractivity contribution in [2.24, 2.45) is 0 Å². The minimum absolute atomic E-state index is 0.686. The SMILES string of the molecule is c1cnc(-c2ncc(-c3ccc(N4CCSCC4)cc3)s2)nc1. The van der Waals surface area contributed by atoms with Gasteiger partial charge in [-0.15, -0.1) is 11.3 Å². The first-order chi connectivity index (χ1) is 11.4. The molecule has 0 amide bonds. The predicted molar refractivity (Wildman–Crippen MR) is 98.1 cm³/mol. The van der Waals surface area contributed by atoms with Gasteiger partial charge in [-0.05, 0) is 23.8 Å². The molecule has 2 aromatic heterocycles. The van der Waals surface area contributed by atoms with E-state index in [1.807, 2.05) is 24.0 Å². The van der Waals surface area contributed by atoms with Crippen LogP contribution in [0.15, 0.2) is 48.9 Å². The average Bonchev–Trinajstić information content (AvgIpc) is 3.14. The third kappa shape index (κ3) is 3.23. The zero-order chi connectivity index (χ0) is 15.5. The van der Waals surface area contributed by atoms with Gasteiger partial charge in [0.15, 0.2) is 10.8 Å². The summed E-state index contributed by atoms with van der Waals surface area (Å²) in [7, 11) is 0. The fourth-order valence-electron chi connectivity index (χ4n) is 2.58. The van der Waals surface area contributed by atoms with E-state index >= 15 is 0 Å². The Morgan fingerprint density at radius 3 is 2.39 bits per heavy atom. The zero-order valence-corrected chi connectivity index (χ0v) is 14.2. The van der Waals surface area contributed by atoms with Crippen LogP contribution in [0.4, 0.5) is 5.69 Å². The summed E-state index contributed by atoms with van der Waals surface area (Å²) in [5.74, 6) is 3.12. The normalized spacial score (nSPS) is 14.9. The fourth-order valence-corrected chi connectivity index (χ4v) is 4.35. The maximum Gasteiger partial charge on any atom is 0.188 e. The molecule has 0 bridgehead atoms. The minimum atomic E-state index is 0.686. The number of hydrogen-bond donors (Lipinski definition) is 0. The lowest BCUT2D eigenvalue weighted by Gasteiger charge is -2.28. The predicted octanol–water partition coefficient (Wildman–Crippen LogP) is 3.82. The number of nitrogens with zero attached hydrogens (tertiary/aromatic N) is 4. The van der Waals surface area contributed by atoms with Crippen LogP contribution in [0, 0.1) is 0 Å². The molecule has 1 aromatic carbocycles. The van der Waals surface area contributed by atoms with E-state index in [-0.39, 0.29) is 0 Å². The largest absolute Gasteiger partial charge is 0.370 e. The van der Waals surface area contributed by atoms with Crippen molar-refractivity contribution < 1.29 is 0 Å². The summed E-state index contributed by atoms with van der Waals surface area (Å²) in [6.07, 6.45) is 5.40. The van der Waals surface area contributed by atoms with Crippen LogP contribution in [0.2, 0.25) is 0 Å². The molecule has 6 heteroatoms. The number of aromatic nitrogens is 3. The molecule has 4 nitrogen and oxygen atoms in total. The van der Waals surface area contributed by atoms with Gasteiger partial charge in [0.25, 0.3) is 0 Å². The lowest BCUT2D eigenvalue weighted by atomic mass is 10.2. The van der Waals surface area contributed by atoms with Gasteiger partial charge in [0, 0.05) is 48.9 Å². The Labute approximate surface area is 143 Å². The second-order valence-electron chi connectivity index (χ2n) is 5.25. The minimum Gasteiger partial charge on any atom is -0.370 e. The van der Waals surface area contributed by atoms with Crippen molar-refractivity contribution >= 4 is 28.8 Å². The molecule has 1 aliphatic heterocycles. The number of thioether (sulfide) groups is 1. The standard InChI is InChI=1S/C17H16N4S2/c1-6-18-16(19-7-1)17-20-12-15(23-17)13-2-4-14(5-3-13)21-8-10-22-11-9-21/h1-7,12H,8-11H2. The molecule has 116 valence electrons. The summed E-state index contributed by atoms with van der Waals surface area (Å²) in [6, 6.07) is 10.6. The molecule has 3 heterocycles. The molecule has 4 rings (SSSR count). The summed E-state index contributed by atoms with van der Waals surface area (Å²) in [5, 5.41) is 0.859. The van der Waals surface area contributed by atoms with E-state index in [4.69, 9.17) is 0 Å². The Hall–Kier alpha value is -1.92. The first kappa shape index (κ1) is 14.7. The molecule has 0 spiro atoms. The van der Waals surface area contributed by atoms with Crippen molar-refractivity contribution in [1.82, 2.24) is 15.0 Å². The maximum absolute atomic E-state index is 4.46. The van der Waals surface area contributed by atoms with Crippen LogP contribution < -0.4 is 4.90 Å². The van der Waals surface area contributed by atoms with Gasteiger partial charge in [-0.2, -0.15) is 11.8 Å². The number of anilines is 1. The number of thiazole rings is 1. The summed E-state index contributed by atoms with van der Waals surface area (Å²) in [5.41, 5.74) is 2.50. The molecule has 0 N–H and O–H groups in total. The summed E-state index contributed by atoms with van der Waals surface area (Å²) in [6.45, 7) is 2.28. The molecule has 0 radical (unpaired) electrons. The van der Waals surface area contributed by atoms with Crippen molar-refractivity contribution in [1.29, 1.82) is 0 Å². The van der Waals surface area contributed by atoms with Gasteiger partial charge in [-0.25, -0.2) is 15.0 Å². The Morgan fingerprint density at radius 1 is 0.913 bits per heavy atom. The van der Waals surface area contributed by atoms with Crippen LogP contribution in [0.3, 0.4) is 0 Å². The topological polar surface area (TPSA) is 41.9 Å². The van der Waals surface area contributed by atoms with E-state index in [0.29, 0.717) is 5.82 Å². The molecule has 0 saturated carbocycles. The van der Waals surface area contributed by atoms with E-state index in [0.717, 1.165) is 23.0 Å².